The van der Waals surface area contributed by atoms with Crippen LogP contribution in [-0.4, -0.2) is 18.2 Å². The monoisotopic (exact) mass is 512 g/mol. The zero-order chi connectivity index (χ0) is 24.1. The van der Waals surface area contributed by atoms with E-state index in [4.69, 9.17) is 32.7 Å². The van der Waals surface area contributed by atoms with Gasteiger partial charge in [0.25, 0.3) is 5.91 Å². The van der Waals surface area contributed by atoms with E-state index in [0.717, 1.165) is 17.7 Å². The van der Waals surface area contributed by atoms with Gasteiger partial charge in [0.15, 0.2) is 16.7 Å². The van der Waals surface area contributed by atoms with Crippen LogP contribution in [0.3, 0.4) is 0 Å². The number of ether oxygens (including phenoxy) is 2. The quantitative estimate of drug-likeness (QED) is 0.345. The highest BCUT2D eigenvalue weighted by Gasteiger charge is 2.24. The summed E-state index contributed by atoms with van der Waals surface area (Å²) < 4.78 is 11.4. The fourth-order valence-electron chi connectivity index (χ4n) is 3.25. The van der Waals surface area contributed by atoms with Gasteiger partial charge in [-0.05, 0) is 77.3 Å². The van der Waals surface area contributed by atoms with Gasteiger partial charge in [-0.25, -0.2) is 4.99 Å². The number of nitrogens with one attached hydrogen (secondary N) is 1. The summed E-state index contributed by atoms with van der Waals surface area (Å²) in [4.78, 5) is 17.5. The molecule has 1 aliphatic heterocycles. The van der Waals surface area contributed by atoms with Crippen LogP contribution < -0.4 is 14.8 Å². The number of benzene rings is 3. The molecule has 3 aromatic rings. The summed E-state index contributed by atoms with van der Waals surface area (Å²) in [6.45, 7) is 2.41. The molecule has 0 spiro atoms. The van der Waals surface area contributed by atoms with E-state index in [9.17, 15) is 4.79 Å². The summed E-state index contributed by atoms with van der Waals surface area (Å²) in [5, 5.41) is 4.38. The molecule has 1 N–H and O–H groups in total. The van der Waals surface area contributed by atoms with E-state index in [0.29, 0.717) is 43.8 Å². The molecule has 3 aromatic carbocycles. The lowest BCUT2D eigenvalue weighted by Gasteiger charge is -2.13. The van der Waals surface area contributed by atoms with Gasteiger partial charge < -0.3 is 14.8 Å². The van der Waals surface area contributed by atoms with Gasteiger partial charge in [-0.1, -0.05) is 54.4 Å². The van der Waals surface area contributed by atoms with Crippen molar-refractivity contribution >= 4 is 57.8 Å². The summed E-state index contributed by atoms with van der Waals surface area (Å²) in [6.07, 6.45) is 2.71. The molecule has 4 rings (SSSR count). The lowest BCUT2D eigenvalue weighted by Crippen LogP contribution is -2.19. The molecule has 1 heterocycles. The van der Waals surface area contributed by atoms with Crippen LogP contribution in [0, 0.1) is 0 Å². The number of amidine groups is 1. The maximum absolute atomic E-state index is 12.5. The van der Waals surface area contributed by atoms with Gasteiger partial charge in [-0.3, -0.25) is 4.79 Å². The molecular weight excluding hydrogens is 491 g/mol. The second-order valence-corrected chi connectivity index (χ2v) is 9.33. The zero-order valence-corrected chi connectivity index (χ0v) is 20.9. The summed E-state index contributed by atoms with van der Waals surface area (Å²) in [6, 6.07) is 18.8. The van der Waals surface area contributed by atoms with E-state index >= 15 is 0 Å². The minimum absolute atomic E-state index is 0.216. The van der Waals surface area contributed by atoms with Gasteiger partial charge in [-0.2, -0.15) is 0 Å². The third-order valence-corrected chi connectivity index (χ3v) is 6.51. The van der Waals surface area contributed by atoms with Gasteiger partial charge >= 0.3 is 0 Å². The average Bonchev–Trinajstić information content (AvgIpc) is 3.17. The smallest absolute Gasteiger partial charge is 0.264 e. The highest BCUT2D eigenvalue weighted by Crippen LogP contribution is 2.38. The Labute approximate surface area is 212 Å². The standard InChI is InChI=1S/C26H22Cl2N2O3S/c1-3-16-6-10-20(11-7-16)29-26-30-25(31)23(34-26)14-18-12-21(28)24(22(13-18)32-2)33-15-17-4-8-19(27)9-5-17/h4-14H,3,15H2,1-2H3,(H,29,30,31)/b23-14-. The van der Waals surface area contributed by atoms with Crippen LogP contribution in [0.25, 0.3) is 6.08 Å². The van der Waals surface area contributed by atoms with Gasteiger partial charge in [0, 0.05) is 5.02 Å². The van der Waals surface area contributed by atoms with E-state index in [-0.39, 0.29) is 5.91 Å². The molecule has 0 bridgehead atoms. The van der Waals surface area contributed by atoms with Crippen molar-refractivity contribution in [2.45, 2.75) is 20.0 Å². The Morgan fingerprint density at radius 1 is 1.03 bits per heavy atom. The molecule has 5 nitrogen and oxygen atoms in total. The van der Waals surface area contributed by atoms with E-state index in [1.54, 1.807) is 37.5 Å². The maximum Gasteiger partial charge on any atom is 0.264 e. The summed E-state index contributed by atoms with van der Waals surface area (Å²) in [5.74, 6) is 0.691. The first-order valence-electron chi connectivity index (χ1n) is 10.6. The van der Waals surface area contributed by atoms with Crippen LogP contribution in [0.1, 0.15) is 23.6 Å². The topological polar surface area (TPSA) is 59.9 Å². The number of halogens is 2. The average molecular weight is 513 g/mol. The molecule has 174 valence electrons. The van der Waals surface area contributed by atoms with E-state index in [1.165, 1.54) is 17.3 Å². The van der Waals surface area contributed by atoms with Crippen LogP contribution in [0.2, 0.25) is 10.0 Å². The van der Waals surface area contributed by atoms with Gasteiger partial charge in [0.1, 0.15) is 6.61 Å². The second kappa shape index (κ2) is 11.0. The van der Waals surface area contributed by atoms with Gasteiger partial charge in [0.05, 0.1) is 22.7 Å². The summed E-state index contributed by atoms with van der Waals surface area (Å²) in [7, 11) is 1.54. The molecule has 0 atom stereocenters. The number of amides is 1. The Morgan fingerprint density at radius 2 is 1.74 bits per heavy atom. The van der Waals surface area contributed by atoms with Gasteiger partial charge in [-0.15, -0.1) is 0 Å². The number of carbonyl (C=O) groups is 1. The molecule has 1 fully saturated rings. The first kappa shape index (κ1) is 24.2. The molecule has 1 amide bonds. The fourth-order valence-corrected chi connectivity index (χ4v) is 4.50. The van der Waals surface area contributed by atoms with Crippen molar-refractivity contribution in [3.05, 3.63) is 92.3 Å². The first-order valence-corrected chi connectivity index (χ1v) is 12.2. The van der Waals surface area contributed by atoms with E-state index in [1.807, 2.05) is 36.4 Å². The minimum atomic E-state index is -0.216. The predicted octanol–water partition coefficient (Wildman–Crippen LogP) is 7.04. The van der Waals surface area contributed by atoms with Crippen molar-refractivity contribution < 1.29 is 14.3 Å². The highest BCUT2D eigenvalue weighted by atomic mass is 35.5. The SMILES string of the molecule is CCc1ccc(N=C2NC(=O)/C(=C/c3cc(Cl)c(OCc4ccc(Cl)cc4)c(OC)c3)S2)cc1. The number of carbonyl (C=O) groups excluding carboxylic acids is 1. The van der Waals surface area contributed by atoms with Crippen molar-refractivity contribution in [1.82, 2.24) is 5.32 Å². The Balaban J connectivity index is 1.51. The first-order chi connectivity index (χ1) is 16.4. The number of thioether (sulfide) groups is 1. The third kappa shape index (κ3) is 5.95. The Kier molecular flexibility index (Phi) is 7.83. The number of methoxy groups -OCH3 is 1. The van der Waals surface area contributed by atoms with Crippen molar-refractivity contribution in [2.75, 3.05) is 7.11 Å². The van der Waals surface area contributed by atoms with Crippen LogP contribution in [-0.2, 0) is 17.8 Å². The number of hydrogen-bond acceptors (Lipinski definition) is 5. The molecular formula is C26H22Cl2N2O3S. The summed E-state index contributed by atoms with van der Waals surface area (Å²) >= 11 is 13.7. The zero-order valence-electron chi connectivity index (χ0n) is 18.6. The molecule has 8 heteroatoms. The normalized spacial score (nSPS) is 15.6. The molecule has 1 aliphatic rings. The minimum Gasteiger partial charge on any atom is -0.493 e. The number of aliphatic imine (C=N–C) groups is 1. The molecule has 0 radical (unpaired) electrons. The Morgan fingerprint density at radius 3 is 2.41 bits per heavy atom. The maximum atomic E-state index is 12.5. The van der Waals surface area contributed by atoms with Gasteiger partial charge in [0.2, 0.25) is 0 Å². The van der Waals surface area contributed by atoms with E-state index < -0.39 is 0 Å². The van der Waals surface area contributed by atoms with Crippen LogP contribution >= 0.6 is 35.0 Å². The molecule has 0 unspecified atom stereocenters. The lowest BCUT2D eigenvalue weighted by molar-refractivity contribution is -0.115. The number of rotatable bonds is 7. The van der Waals surface area contributed by atoms with Crippen LogP contribution in [0.15, 0.2) is 70.6 Å². The number of nitrogens with zero attached hydrogens (tertiary/aromatic N) is 1. The van der Waals surface area contributed by atoms with Crippen molar-refractivity contribution in [2.24, 2.45) is 4.99 Å². The van der Waals surface area contributed by atoms with Crippen molar-refractivity contribution in [3.8, 4) is 11.5 Å². The van der Waals surface area contributed by atoms with Crippen molar-refractivity contribution in [3.63, 3.8) is 0 Å². The Hall–Kier alpha value is -2.93. The van der Waals surface area contributed by atoms with Crippen molar-refractivity contribution in [1.29, 1.82) is 0 Å². The third-order valence-electron chi connectivity index (χ3n) is 5.07. The highest BCUT2D eigenvalue weighted by molar-refractivity contribution is 8.18. The number of hydrogen-bond donors (Lipinski definition) is 1. The van der Waals surface area contributed by atoms with Crippen LogP contribution in [0.4, 0.5) is 5.69 Å². The molecule has 0 aromatic heterocycles. The molecule has 34 heavy (non-hydrogen) atoms. The fraction of sp³-hybridized carbons (Fsp3) is 0.154. The molecule has 0 aliphatic carbocycles. The van der Waals surface area contributed by atoms with Crippen LogP contribution in [0.5, 0.6) is 11.5 Å². The molecule has 1 saturated heterocycles. The molecule has 0 saturated carbocycles. The lowest BCUT2D eigenvalue weighted by atomic mass is 10.1. The summed E-state index contributed by atoms with van der Waals surface area (Å²) in [5.41, 5.74) is 3.68. The Bertz CT molecular complexity index is 1260. The second-order valence-electron chi connectivity index (χ2n) is 7.45. The number of aryl methyl sites for hydroxylation is 1. The largest absolute Gasteiger partial charge is 0.493 e. The van der Waals surface area contributed by atoms with E-state index in [2.05, 4.69) is 17.2 Å². The predicted molar refractivity (Wildman–Crippen MR) is 140 cm³/mol.